The minimum atomic E-state index is -1.76. The Hall–Kier alpha value is -0.760. The Morgan fingerprint density at radius 2 is 1.62 bits per heavy atom. The summed E-state index contributed by atoms with van der Waals surface area (Å²) in [5.74, 6) is 0. The summed E-state index contributed by atoms with van der Waals surface area (Å²) < 4.78 is 77.3. The van der Waals surface area contributed by atoms with Gasteiger partial charge in [0.25, 0.3) is 0 Å². The van der Waals surface area contributed by atoms with Crippen LogP contribution in [0.5, 0.6) is 0 Å². The molecule has 37 heavy (non-hydrogen) atoms. The number of rotatable bonds is 10. The SMILES string of the molecule is CNC1CC(NF)C(OC2OCC(C)(O)C(N(C)F)C2O)C(O)C1OC1OC(C(C)NF)CCC1NF. The highest BCUT2D eigenvalue weighted by molar-refractivity contribution is 5.02. The molecule has 7 N–H and O–H groups in total. The number of aliphatic hydroxyl groups is 3. The van der Waals surface area contributed by atoms with E-state index in [-0.39, 0.29) is 18.0 Å². The lowest BCUT2D eigenvalue weighted by Crippen LogP contribution is -2.68. The third-order valence-corrected chi connectivity index (χ3v) is 7.50. The molecule has 12 nitrogen and oxygen atoms in total. The minimum absolute atomic E-state index is 0.0126. The van der Waals surface area contributed by atoms with E-state index in [1.54, 1.807) is 30.6 Å². The number of halogens is 4. The first-order valence-corrected chi connectivity index (χ1v) is 12.3. The number of aliphatic hydroxyl groups excluding tert-OH is 2. The first kappa shape index (κ1) is 30.8. The summed E-state index contributed by atoms with van der Waals surface area (Å²) >= 11 is 0. The van der Waals surface area contributed by atoms with Gasteiger partial charge in [-0.25, -0.2) is 0 Å². The van der Waals surface area contributed by atoms with E-state index in [1.807, 2.05) is 0 Å². The highest BCUT2D eigenvalue weighted by atomic mass is 19.2. The topological polar surface area (TPSA) is 149 Å². The van der Waals surface area contributed by atoms with Crippen molar-refractivity contribution in [2.24, 2.45) is 0 Å². The van der Waals surface area contributed by atoms with E-state index in [1.165, 1.54) is 6.92 Å². The molecule has 3 fully saturated rings. The Kier molecular flexibility index (Phi) is 10.9. The highest BCUT2D eigenvalue weighted by Crippen LogP contribution is 2.34. The average Bonchev–Trinajstić information content (AvgIpc) is 2.86. The van der Waals surface area contributed by atoms with Crippen LogP contribution in [0.25, 0.3) is 0 Å². The first-order chi connectivity index (χ1) is 17.5. The molecule has 218 valence electrons. The quantitative estimate of drug-likeness (QED) is 0.130. The lowest BCUT2D eigenvalue weighted by atomic mass is 9.83. The van der Waals surface area contributed by atoms with Crippen LogP contribution in [0.15, 0.2) is 0 Å². The molecule has 2 aliphatic heterocycles. The van der Waals surface area contributed by atoms with Gasteiger partial charge in [-0.1, -0.05) is 0 Å². The first-order valence-electron chi connectivity index (χ1n) is 12.3. The molecule has 0 spiro atoms. The van der Waals surface area contributed by atoms with Crippen LogP contribution < -0.4 is 21.9 Å². The van der Waals surface area contributed by atoms with Crippen molar-refractivity contribution in [3.05, 3.63) is 0 Å². The lowest BCUT2D eigenvalue weighted by molar-refractivity contribution is -0.326. The molecule has 1 aliphatic carbocycles. The van der Waals surface area contributed by atoms with Gasteiger partial charge in [-0.15, -0.1) is 23.0 Å². The Morgan fingerprint density at radius 1 is 1.00 bits per heavy atom. The van der Waals surface area contributed by atoms with Gasteiger partial charge in [-0.05, 0) is 40.2 Å². The second-order valence-electron chi connectivity index (χ2n) is 10.3. The number of likely N-dealkylation sites (N-methyl/N-ethyl adjacent to an activating group) is 2. The molecule has 0 radical (unpaired) electrons. The van der Waals surface area contributed by atoms with E-state index in [0.29, 0.717) is 6.42 Å². The zero-order valence-electron chi connectivity index (χ0n) is 21.2. The minimum Gasteiger partial charge on any atom is -0.388 e. The van der Waals surface area contributed by atoms with Gasteiger partial charge >= 0.3 is 0 Å². The van der Waals surface area contributed by atoms with Gasteiger partial charge in [0, 0.05) is 13.1 Å². The zero-order valence-corrected chi connectivity index (χ0v) is 21.2. The van der Waals surface area contributed by atoms with Crippen LogP contribution >= 0.6 is 0 Å². The van der Waals surface area contributed by atoms with Crippen molar-refractivity contribution in [1.82, 2.24) is 27.1 Å². The summed E-state index contributed by atoms with van der Waals surface area (Å²) in [6.07, 6.45) is -8.59. The normalized spacial score (nSPS) is 46.2. The molecule has 13 unspecified atom stereocenters. The summed E-state index contributed by atoms with van der Waals surface area (Å²) in [5, 5.41) is 35.4. The number of nitrogens with one attached hydrogen (secondary N) is 4. The van der Waals surface area contributed by atoms with Crippen LogP contribution in [-0.2, 0) is 18.9 Å². The summed E-state index contributed by atoms with van der Waals surface area (Å²) in [7, 11) is 2.58. The van der Waals surface area contributed by atoms with Gasteiger partial charge in [-0.3, -0.25) is 0 Å². The molecule has 0 aromatic carbocycles. The standard InChI is InChI=1S/C21H39F4N5O7/c1-9(27-22)13-6-5-10(28-23)19(35-13)36-16-11(26-3)7-12(29-24)17(14(16)31)37-20-15(32)18(30(4)25)21(2,33)8-34-20/h9-20,26-29,31-33H,5-8H2,1-4H3. The van der Waals surface area contributed by atoms with Crippen LogP contribution in [0.2, 0.25) is 0 Å². The monoisotopic (exact) mass is 549 g/mol. The predicted molar refractivity (Wildman–Crippen MR) is 120 cm³/mol. The second-order valence-corrected chi connectivity index (χ2v) is 10.3. The van der Waals surface area contributed by atoms with Crippen molar-refractivity contribution in [2.45, 2.75) is 112 Å². The maximum atomic E-state index is 14.1. The van der Waals surface area contributed by atoms with Crippen molar-refractivity contribution in [1.29, 1.82) is 0 Å². The van der Waals surface area contributed by atoms with Gasteiger partial charge in [-0.2, -0.15) is 16.6 Å². The molecule has 0 amide bonds. The van der Waals surface area contributed by atoms with Crippen LogP contribution in [-0.4, -0.2) is 120 Å². The summed E-state index contributed by atoms with van der Waals surface area (Å²) in [4.78, 5) is 0. The molecule has 16 heteroatoms. The third-order valence-electron chi connectivity index (χ3n) is 7.50. The Labute approximate surface area is 212 Å². The molecular weight excluding hydrogens is 510 g/mol. The fraction of sp³-hybridized carbons (Fsp3) is 1.00. The smallest absolute Gasteiger partial charge is 0.185 e. The van der Waals surface area contributed by atoms with Crippen LogP contribution in [0.1, 0.15) is 33.1 Å². The van der Waals surface area contributed by atoms with Crippen molar-refractivity contribution >= 4 is 0 Å². The van der Waals surface area contributed by atoms with Crippen LogP contribution in [0.3, 0.4) is 0 Å². The zero-order chi connectivity index (χ0) is 27.5. The number of nitrogens with zero attached hydrogens (tertiary/aromatic N) is 1. The third kappa shape index (κ3) is 6.70. The molecule has 1 saturated carbocycles. The van der Waals surface area contributed by atoms with Gasteiger partial charge in [0.2, 0.25) is 0 Å². The molecule has 0 aromatic heterocycles. The van der Waals surface area contributed by atoms with E-state index >= 15 is 0 Å². The molecule has 0 bridgehead atoms. The largest absolute Gasteiger partial charge is 0.388 e. The maximum Gasteiger partial charge on any atom is 0.185 e. The molecule has 13 atom stereocenters. The van der Waals surface area contributed by atoms with Gasteiger partial charge in [0.1, 0.15) is 36.1 Å². The molecule has 0 aromatic rings. The average molecular weight is 550 g/mol. The highest BCUT2D eigenvalue weighted by Gasteiger charge is 2.53. The van der Waals surface area contributed by atoms with Crippen molar-refractivity contribution in [3.8, 4) is 0 Å². The number of ether oxygens (including phenoxy) is 4. The Balaban J connectivity index is 1.79. The van der Waals surface area contributed by atoms with Crippen molar-refractivity contribution < 1.29 is 52.2 Å². The maximum absolute atomic E-state index is 14.1. The van der Waals surface area contributed by atoms with Crippen LogP contribution in [0, 0.1) is 0 Å². The van der Waals surface area contributed by atoms with Crippen molar-refractivity contribution in [2.75, 3.05) is 20.7 Å². The Morgan fingerprint density at radius 3 is 2.19 bits per heavy atom. The molecule has 3 aliphatic rings. The lowest BCUT2D eigenvalue weighted by Gasteiger charge is -2.49. The molecule has 2 saturated heterocycles. The number of hydrogen-bond donors (Lipinski definition) is 7. The second kappa shape index (κ2) is 13.1. The van der Waals surface area contributed by atoms with Gasteiger partial charge in [0.05, 0.1) is 30.8 Å². The van der Waals surface area contributed by atoms with E-state index in [0.717, 1.165) is 7.05 Å². The van der Waals surface area contributed by atoms with Gasteiger partial charge < -0.3 is 39.6 Å². The van der Waals surface area contributed by atoms with Gasteiger partial charge in [0.15, 0.2) is 12.6 Å². The summed E-state index contributed by atoms with van der Waals surface area (Å²) in [6, 6.07) is -4.83. The Bertz CT molecular complexity index is 720. The van der Waals surface area contributed by atoms with Crippen molar-refractivity contribution in [3.63, 3.8) is 0 Å². The number of hydrogen-bond acceptors (Lipinski definition) is 12. The van der Waals surface area contributed by atoms with E-state index < -0.39 is 85.5 Å². The van der Waals surface area contributed by atoms with E-state index in [4.69, 9.17) is 18.9 Å². The molecule has 3 rings (SSSR count). The summed E-state index contributed by atoms with van der Waals surface area (Å²) in [5.41, 5.74) is 3.02. The fourth-order valence-corrected chi connectivity index (χ4v) is 5.41. The summed E-state index contributed by atoms with van der Waals surface area (Å²) in [6.45, 7) is 2.42. The predicted octanol–water partition coefficient (Wildman–Crippen LogP) is -1.18. The fourth-order valence-electron chi connectivity index (χ4n) is 5.41. The molecular formula is C21H39F4N5O7. The van der Waals surface area contributed by atoms with Crippen LogP contribution in [0.4, 0.5) is 17.9 Å². The van der Waals surface area contributed by atoms with E-state index in [2.05, 4.69) is 5.32 Å². The molecule has 2 heterocycles. The van der Waals surface area contributed by atoms with E-state index in [9.17, 15) is 33.2 Å².